The lowest BCUT2D eigenvalue weighted by Crippen LogP contribution is -2.50. The topological polar surface area (TPSA) is 72.5 Å². The maximum atomic E-state index is 12.8. The lowest BCUT2D eigenvalue weighted by Gasteiger charge is -2.39. The van der Waals surface area contributed by atoms with E-state index in [4.69, 9.17) is 28.1 Å². The van der Waals surface area contributed by atoms with E-state index in [1.807, 2.05) is 19.9 Å². The number of ether oxygens (including phenoxy) is 5. The summed E-state index contributed by atoms with van der Waals surface area (Å²) in [6.45, 7) is 19.6. The van der Waals surface area contributed by atoms with E-state index in [-0.39, 0.29) is 11.3 Å². The van der Waals surface area contributed by atoms with E-state index in [0.29, 0.717) is 18.8 Å². The van der Waals surface area contributed by atoms with Crippen LogP contribution in [0.5, 0.6) is 0 Å². The summed E-state index contributed by atoms with van der Waals surface area (Å²) in [5.74, 6) is -1.35. The largest absolute Gasteiger partial charge is 0.452 e. The SMILES string of the molecule is C=C[C@H](OC(=O)c1ccccc1)[C@@H]1OC(C)(C)O[C@@H]1[C@@H](CO[Si](C)(C)C(C)(C)C)OC1CCCO1. The Labute approximate surface area is 211 Å². The molecule has 8 heteroatoms. The third kappa shape index (κ3) is 7.24. The van der Waals surface area contributed by atoms with Gasteiger partial charge in [-0.3, -0.25) is 0 Å². The minimum absolute atomic E-state index is 0.0436. The number of benzene rings is 1. The van der Waals surface area contributed by atoms with Gasteiger partial charge in [0.2, 0.25) is 0 Å². The molecular weight excluding hydrogens is 464 g/mol. The zero-order chi connectivity index (χ0) is 25.9. The summed E-state index contributed by atoms with van der Waals surface area (Å²) in [7, 11) is -2.06. The smallest absolute Gasteiger partial charge is 0.338 e. The van der Waals surface area contributed by atoms with E-state index < -0.39 is 44.5 Å². The van der Waals surface area contributed by atoms with Gasteiger partial charge in [-0.15, -0.1) is 0 Å². The normalized spacial score (nSPS) is 26.3. The maximum absolute atomic E-state index is 12.8. The number of carbonyl (C=O) groups excluding carboxylic acids is 1. The second-order valence-electron chi connectivity index (χ2n) is 11.2. The van der Waals surface area contributed by atoms with Crippen molar-refractivity contribution < 1.29 is 32.9 Å². The van der Waals surface area contributed by atoms with Crippen molar-refractivity contribution in [2.24, 2.45) is 0 Å². The van der Waals surface area contributed by atoms with Gasteiger partial charge in [-0.25, -0.2) is 4.79 Å². The summed E-state index contributed by atoms with van der Waals surface area (Å²) in [4.78, 5) is 12.8. The van der Waals surface area contributed by atoms with Crippen molar-refractivity contribution in [1.82, 2.24) is 0 Å². The van der Waals surface area contributed by atoms with Crippen molar-refractivity contribution in [3.8, 4) is 0 Å². The summed E-state index contributed by atoms with van der Waals surface area (Å²) < 4.78 is 37.2. The van der Waals surface area contributed by atoms with Crippen LogP contribution in [-0.4, -0.2) is 64.0 Å². The summed E-state index contributed by atoms with van der Waals surface area (Å²) >= 11 is 0. The van der Waals surface area contributed by atoms with E-state index in [0.717, 1.165) is 12.8 Å². The first-order valence-electron chi connectivity index (χ1n) is 12.5. The molecule has 196 valence electrons. The summed E-state index contributed by atoms with van der Waals surface area (Å²) in [6.07, 6.45) is 0.629. The van der Waals surface area contributed by atoms with Gasteiger partial charge in [0.05, 0.1) is 12.2 Å². The van der Waals surface area contributed by atoms with Crippen LogP contribution in [0.2, 0.25) is 18.1 Å². The molecule has 0 aliphatic carbocycles. The van der Waals surface area contributed by atoms with Crippen molar-refractivity contribution in [2.45, 2.75) is 102 Å². The molecule has 5 atom stereocenters. The molecule has 0 aromatic heterocycles. The van der Waals surface area contributed by atoms with Crippen LogP contribution in [0.1, 0.15) is 57.8 Å². The van der Waals surface area contributed by atoms with E-state index in [2.05, 4.69) is 40.4 Å². The molecule has 0 amide bonds. The van der Waals surface area contributed by atoms with E-state index >= 15 is 0 Å². The molecule has 0 saturated carbocycles. The molecule has 7 nitrogen and oxygen atoms in total. The minimum atomic E-state index is -2.06. The Morgan fingerprint density at radius 1 is 1.20 bits per heavy atom. The molecule has 2 aliphatic rings. The summed E-state index contributed by atoms with van der Waals surface area (Å²) in [6, 6.07) is 8.87. The van der Waals surface area contributed by atoms with E-state index in [1.165, 1.54) is 0 Å². The van der Waals surface area contributed by atoms with Gasteiger partial charge in [-0.2, -0.15) is 0 Å². The van der Waals surface area contributed by atoms with Gasteiger partial charge >= 0.3 is 5.97 Å². The molecular formula is C27H42O7Si. The first kappa shape index (κ1) is 28.0. The second kappa shape index (κ2) is 11.2. The number of hydrogen-bond acceptors (Lipinski definition) is 7. The van der Waals surface area contributed by atoms with Crippen LogP contribution in [0.3, 0.4) is 0 Å². The third-order valence-electron chi connectivity index (χ3n) is 6.97. The molecule has 2 aliphatic heterocycles. The zero-order valence-electron chi connectivity index (χ0n) is 22.2. The molecule has 3 rings (SSSR count). The van der Waals surface area contributed by atoms with Crippen molar-refractivity contribution in [3.63, 3.8) is 0 Å². The summed E-state index contributed by atoms with van der Waals surface area (Å²) in [5.41, 5.74) is 0.461. The van der Waals surface area contributed by atoms with Crippen molar-refractivity contribution >= 4 is 14.3 Å². The zero-order valence-corrected chi connectivity index (χ0v) is 23.2. The first-order valence-corrected chi connectivity index (χ1v) is 15.4. The molecule has 0 N–H and O–H groups in total. The van der Waals surface area contributed by atoms with Crippen LogP contribution >= 0.6 is 0 Å². The number of rotatable bonds is 10. The van der Waals surface area contributed by atoms with Crippen LogP contribution in [0, 0.1) is 0 Å². The predicted molar refractivity (Wildman–Crippen MR) is 137 cm³/mol. The Balaban J connectivity index is 1.83. The average Bonchev–Trinajstić information content (AvgIpc) is 3.41. The predicted octanol–water partition coefficient (Wildman–Crippen LogP) is 5.46. The Bertz CT molecular complexity index is 843. The maximum Gasteiger partial charge on any atom is 0.338 e. The van der Waals surface area contributed by atoms with Gasteiger partial charge in [0.15, 0.2) is 20.4 Å². The molecule has 2 fully saturated rings. The quantitative estimate of drug-likeness (QED) is 0.237. The number of esters is 1. The van der Waals surface area contributed by atoms with Gasteiger partial charge in [-0.05, 0) is 56.6 Å². The van der Waals surface area contributed by atoms with Crippen molar-refractivity contribution in [1.29, 1.82) is 0 Å². The summed E-state index contributed by atoms with van der Waals surface area (Å²) in [5, 5.41) is 0.0436. The number of carbonyl (C=O) groups is 1. The lowest BCUT2D eigenvalue weighted by atomic mass is 10.0. The van der Waals surface area contributed by atoms with Gasteiger partial charge in [-0.1, -0.05) is 45.5 Å². The fourth-order valence-corrected chi connectivity index (χ4v) is 4.96. The van der Waals surface area contributed by atoms with Gasteiger partial charge in [0.1, 0.15) is 24.4 Å². The Hall–Kier alpha value is -1.55. The van der Waals surface area contributed by atoms with Crippen LogP contribution in [-0.2, 0) is 28.1 Å². The molecule has 0 bridgehead atoms. The highest BCUT2D eigenvalue weighted by molar-refractivity contribution is 6.74. The lowest BCUT2D eigenvalue weighted by molar-refractivity contribution is -0.200. The highest BCUT2D eigenvalue weighted by Gasteiger charge is 2.51. The molecule has 1 aromatic carbocycles. The standard InChI is InChI=1S/C27H42O7Si/c1-9-20(32-25(28)19-14-11-10-12-15-19)23-24(34-27(5,6)33-23)21(31-22-16-13-17-29-22)18-30-35(7,8)26(2,3)4/h9-12,14-15,20-24H,1,13,16-18H2,2-8H3/t20-,21+,22?,23-,24+/m0/s1. The fourth-order valence-electron chi connectivity index (χ4n) is 3.94. The monoisotopic (exact) mass is 506 g/mol. The Morgan fingerprint density at radius 2 is 1.86 bits per heavy atom. The van der Waals surface area contributed by atoms with Crippen LogP contribution in [0.4, 0.5) is 0 Å². The first-order chi connectivity index (χ1) is 16.3. The van der Waals surface area contributed by atoms with Gasteiger partial charge < -0.3 is 28.1 Å². The van der Waals surface area contributed by atoms with Crippen LogP contribution in [0.25, 0.3) is 0 Å². The molecule has 35 heavy (non-hydrogen) atoms. The second-order valence-corrected chi connectivity index (χ2v) is 16.0. The third-order valence-corrected chi connectivity index (χ3v) is 11.5. The van der Waals surface area contributed by atoms with Crippen molar-refractivity contribution in [3.05, 3.63) is 48.6 Å². The van der Waals surface area contributed by atoms with Crippen LogP contribution < -0.4 is 0 Å². The molecule has 1 aromatic rings. The molecule has 1 unspecified atom stereocenters. The van der Waals surface area contributed by atoms with E-state index in [1.54, 1.807) is 30.3 Å². The highest BCUT2D eigenvalue weighted by Crippen LogP contribution is 2.39. The Kier molecular flexibility index (Phi) is 8.99. The number of hydrogen-bond donors (Lipinski definition) is 0. The van der Waals surface area contributed by atoms with Gasteiger partial charge in [0.25, 0.3) is 0 Å². The fraction of sp³-hybridized carbons (Fsp3) is 0.667. The Morgan fingerprint density at radius 3 is 2.43 bits per heavy atom. The van der Waals surface area contributed by atoms with E-state index in [9.17, 15) is 4.79 Å². The molecule has 0 spiro atoms. The molecule has 2 saturated heterocycles. The van der Waals surface area contributed by atoms with Gasteiger partial charge in [0, 0.05) is 13.0 Å². The van der Waals surface area contributed by atoms with Crippen molar-refractivity contribution in [2.75, 3.05) is 13.2 Å². The highest BCUT2D eigenvalue weighted by atomic mass is 28.4. The molecule has 0 radical (unpaired) electrons. The van der Waals surface area contributed by atoms with Crippen LogP contribution in [0.15, 0.2) is 43.0 Å². The minimum Gasteiger partial charge on any atom is -0.452 e. The molecule has 2 heterocycles. The average molecular weight is 507 g/mol.